The quantitative estimate of drug-likeness (QED) is 0.765. The second-order valence-electron chi connectivity index (χ2n) is 5.15. The van der Waals surface area contributed by atoms with Gasteiger partial charge in [-0.3, -0.25) is 0 Å². The lowest BCUT2D eigenvalue weighted by Crippen LogP contribution is -2.11. The molecule has 2 nitrogen and oxygen atoms in total. The number of benzene rings is 2. The van der Waals surface area contributed by atoms with Crippen LogP contribution in [0.2, 0.25) is 0 Å². The number of para-hydroxylation sites is 1. The first-order valence-electron chi connectivity index (χ1n) is 6.70. The molecule has 3 aromatic rings. The molecule has 102 valence electrons. The fraction of sp³-hybridized carbons (Fsp3) is 0.176. The molecule has 1 N–H and O–H groups in total. The number of aromatic nitrogens is 1. The van der Waals surface area contributed by atoms with Crippen LogP contribution in [0, 0.1) is 0 Å². The second-order valence-corrected chi connectivity index (χ2v) is 6.23. The van der Waals surface area contributed by atoms with Gasteiger partial charge in [0.1, 0.15) is 0 Å². The molecule has 0 aliphatic carbocycles. The predicted molar refractivity (Wildman–Crippen MR) is 86.3 cm³/mol. The predicted octanol–water partition coefficient (Wildman–Crippen LogP) is 4.38. The molecule has 0 saturated heterocycles. The van der Waals surface area contributed by atoms with Gasteiger partial charge >= 0.3 is 0 Å². The number of hydrogen-bond donors (Lipinski definition) is 1. The van der Waals surface area contributed by atoms with Crippen LogP contribution < -0.4 is 0 Å². The van der Waals surface area contributed by atoms with E-state index in [0.29, 0.717) is 0 Å². The van der Waals surface area contributed by atoms with E-state index in [-0.39, 0.29) is 0 Å². The lowest BCUT2D eigenvalue weighted by atomic mass is 10.2. The van der Waals surface area contributed by atoms with Gasteiger partial charge in [0, 0.05) is 33.4 Å². The molecule has 0 amide bonds. The van der Waals surface area contributed by atoms with Gasteiger partial charge in [-0.2, -0.15) is 0 Å². The van der Waals surface area contributed by atoms with Crippen LogP contribution in [0.5, 0.6) is 0 Å². The first kappa shape index (κ1) is 13.3. The molecule has 0 bridgehead atoms. The van der Waals surface area contributed by atoms with Gasteiger partial charge in [-0.1, -0.05) is 48.2 Å². The van der Waals surface area contributed by atoms with Crippen molar-refractivity contribution in [3.8, 4) is 0 Å². The van der Waals surface area contributed by atoms with Crippen molar-refractivity contribution in [2.75, 3.05) is 14.1 Å². The van der Waals surface area contributed by atoms with Crippen LogP contribution in [-0.4, -0.2) is 24.0 Å². The third-order valence-corrected chi connectivity index (χ3v) is 4.41. The van der Waals surface area contributed by atoms with Crippen molar-refractivity contribution in [2.24, 2.45) is 0 Å². The summed E-state index contributed by atoms with van der Waals surface area (Å²) in [5, 5.41) is 1.29. The summed E-state index contributed by atoms with van der Waals surface area (Å²) >= 11 is 1.83. The number of hydrogen-bond acceptors (Lipinski definition) is 2. The minimum absolute atomic E-state index is 0.964. The van der Waals surface area contributed by atoms with Crippen molar-refractivity contribution in [3.05, 3.63) is 60.3 Å². The highest BCUT2D eigenvalue weighted by atomic mass is 32.2. The molecule has 1 heterocycles. The van der Waals surface area contributed by atoms with E-state index in [4.69, 9.17) is 0 Å². The van der Waals surface area contributed by atoms with Crippen LogP contribution in [0.25, 0.3) is 10.9 Å². The molecule has 2 aromatic carbocycles. The standard InChI is InChI=1S/C17H18N2S/c1-19(2)12-13-7-3-6-10-16(13)20-17-11-18-15-9-5-4-8-14(15)17/h3-11,18H,12H2,1-2H3. The molecular formula is C17H18N2S. The zero-order valence-corrected chi connectivity index (χ0v) is 12.6. The zero-order chi connectivity index (χ0) is 13.9. The highest BCUT2D eigenvalue weighted by molar-refractivity contribution is 7.99. The Morgan fingerprint density at radius 3 is 2.55 bits per heavy atom. The number of nitrogens with zero attached hydrogens (tertiary/aromatic N) is 1. The van der Waals surface area contributed by atoms with Gasteiger partial charge in [0.2, 0.25) is 0 Å². The second kappa shape index (κ2) is 5.73. The van der Waals surface area contributed by atoms with E-state index in [9.17, 15) is 0 Å². The summed E-state index contributed by atoms with van der Waals surface area (Å²) in [6.45, 7) is 0.964. The number of H-pyrrole nitrogens is 1. The molecule has 0 aliphatic heterocycles. The van der Waals surface area contributed by atoms with E-state index >= 15 is 0 Å². The summed E-state index contributed by atoms with van der Waals surface area (Å²) in [7, 11) is 4.21. The summed E-state index contributed by atoms with van der Waals surface area (Å²) in [6.07, 6.45) is 2.10. The van der Waals surface area contributed by atoms with E-state index < -0.39 is 0 Å². The van der Waals surface area contributed by atoms with Crippen molar-refractivity contribution in [3.63, 3.8) is 0 Å². The third kappa shape index (κ3) is 2.74. The van der Waals surface area contributed by atoms with Crippen LogP contribution in [0.15, 0.2) is 64.5 Å². The monoisotopic (exact) mass is 282 g/mol. The summed E-state index contributed by atoms with van der Waals surface area (Å²) in [5.74, 6) is 0. The van der Waals surface area contributed by atoms with Crippen LogP contribution in [-0.2, 0) is 6.54 Å². The molecular weight excluding hydrogens is 264 g/mol. The van der Waals surface area contributed by atoms with Gasteiger partial charge < -0.3 is 9.88 Å². The van der Waals surface area contributed by atoms with Gasteiger partial charge in [-0.25, -0.2) is 0 Å². The van der Waals surface area contributed by atoms with Gasteiger partial charge in [-0.15, -0.1) is 0 Å². The molecule has 3 rings (SSSR count). The molecule has 0 fully saturated rings. The average Bonchev–Trinajstić information content (AvgIpc) is 2.84. The highest BCUT2D eigenvalue weighted by Crippen LogP contribution is 2.35. The Bertz CT molecular complexity index is 716. The van der Waals surface area contributed by atoms with Gasteiger partial charge in [0.05, 0.1) is 0 Å². The molecule has 0 saturated carbocycles. The summed E-state index contributed by atoms with van der Waals surface area (Å²) in [6, 6.07) is 17.1. The Morgan fingerprint density at radius 1 is 0.950 bits per heavy atom. The molecule has 0 unspecified atom stereocenters. The maximum atomic E-state index is 3.34. The lowest BCUT2D eigenvalue weighted by molar-refractivity contribution is 0.399. The Morgan fingerprint density at radius 2 is 1.70 bits per heavy atom. The summed E-state index contributed by atoms with van der Waals surface area (Å²) in [4.78, 5) is 8.15. The smallest absolute Gasteiger partial charge is 0.0465 e. The Balaban J connectivity index is 1.95. The van der Waals surface area contributed by atoms with Crippen molar-refractivity contribution in [1.82, 2.24) is 9.88 Å². The normalized spacial score (nSPS) is 11.3. The number of aromatic amines is 1. The molecule has 0 radical (unpaired) electrons. The van der Waals surface area contributed by atoms with E-state index in [1.807, 2.05) is 11.8 Å². The maximum absolute atomic E-state index is 3.34. The van der Waals surface area contributed by atoms with E-state index in [0.717, 1.165) is 6.54 Å². The van der Waals surface area contributed by atoms with E-state index in [1.165, 1.54) is 26.3 Å². The van der Waals surface area contributed by atoms with Crippen molar-refractivity contribution in [1.29, 1.82) is 0 Å². The minimum atomic E-state index is 0.964. The van der Waals surface area contributed by atoms with Gasteiger partial charge in [-0.05, 0) is 31.8 Å². The molecule has 0 aliphatic rings. The number of rotatable bonds is 4. The largest absolute Gasteiger partial charge is 0.360 e. The maximum Gasteiger partial charge on any atom is 0.0465 e. The third-order valence-electron chi connectivity index (χ3n) is 3.23. The zero-order valence-electron chi connectivity index (χ0n) is 11.8. The molecule has 0 spiro atoms. The molecule has 3 heteroatoms. The van der Waals surface area contributed by atoms with Crippen molar-refractivity contribution in [2.45, 2.75) is 16.3 Å². The topological polar surface area (TPSA) is 19.0 Å². The van der Waals surface area contributed by atoms with Crippen molar-refractivity contribution < 1.29 is 0 Å². The first-order chi connectivity index (χ1) is 9.74. The minimum Gasteiger partial charge on any atom is -0.360 e. The summed E-state index contributed by atoms with van der Waals surface area (Å²) in [5.41, 5.74) is 2.56. The average molecular weight is 282 g/mol. The van der Waals surface area contributed by atoms with Crippen molar-refractivity contribution >= 4 is 22.7 Å². The summed E-state index contributed by atoms with van der Waals surface area (Å²) < 4.78 is 0. The lowest BCUT2D eigenvalue weighted by Gasteiger charge is -2.13. The number of fused-ring (bicyclic) bond motifs is 1. The molecule has 1 aromatic heterocycles. The Labute approximate surface area is 123 Å². The highest BCUT2D eigenvalue weighted by Gasteiger charge is 2.08. The Hall–Kier alpha value is -1.71. The van der Waals surface area contributed by atoms with Gasteiger partial charge in [0.25, 0.3) is 0 Å². The van der Waals surface area contributed by atoms with E-state index in [1.54, 1.807) is 0 Å². The molecule has 20 heavy (non-hydrogen) atoms. The van der Waals surface area contributed by atoms with Crippen LogP contribution in [0.1, 0.15) is 5.56 Å². The van der Waals surface area contributed by atoms with E-state index in [2.05, 4.69) is 78.7 Å². The molecule has 0 atom stereocenters. The fourth-order valence-corrected chi connectivity index (χ4v) is 3.38. The fourth-order valence-electron chi connectivity index (χ4n) is 2.32. The SMILES string of the molecule is CN(C)Cc1ccccc1Sc1c[nH]c2ccccc12. The first-order valence-corrected chi connectivity index (χ1v) is 7.52. The van der Waals surface area contributed by atoms with Gasteiger partial charge in [0.15, 0.2) is 0 Å². The number of nitrogens with one attached hydrogen (secondary N) is 1. The van der Waals surface area contributed by atoms with Crippen LogP contribution in [0.3, 0.4) is 0 Å². The van der Waals surface area contributed by atoms with Crippen LogP contribution in [0.4, 0.5) is 0 Å². The van der Waals surface area contributed by atoms with Crippen LogP contribution >= 0.6 is 11.8 Å². The Kier molecular flexibility index (Phi) is 3.81.